The number of para-hydroxylation sites is 1. The van der Waals surface area contributed by atoms with Crippen molar-refractivity contribution in [3.05, 3.63) is 179 Å². The van der Waals surface area contributed by atoms with Crippen LogP contribution in [0.2, 0.25) is 0 Å². The van der Waals surface area contributed by atoms with Crippen molar-refractivity contribution in [3.8, 4) is 22.6 Å². The lowest BCUT2D eigenvalue weighted by Crippen LogP contribution is -2.53. The van der Waals surface area contributed by atoms with Crippen LogP contribution in [0.4, 0.5) is 0 Å². The first-order chi connectivity index (χ1) is 23.1. The molecule has 3 atom stereocenters. The molecule has 3 heteroatoms. The molecule has 3 heterocycles. The summed E-state index contributed by atoms with van der Waals surface area (Å²) >= 11 is 0. The molecule has 0 bridgehead atoms. The zero-order chi connectivity index (χ0) is 31.6. The van der Waals surface area contributed by atoms with Crippen molar-refractivity contribution in [2.75, 3.05) is 6.54 Å². The number of allylic oxidation sites excluding steroid dienone is 9. The molecule has 0 fully saturated rings. The van der Waals surface area contributed by atoms with Crippen molar-refractivity contribution in [2.45, 2.75) is 32.1 Å². The maximum atomic E-state index is 7.01. The Morgan fingerprint density at radius 3 is 2.26 bits per heavy atom. The van der Waals surface area contributed by atoms with E-state index >= 15 is 0 Å². The van der Waals surface area contributed by atoms with Gasteiger partial charge >= 0.3 is 0 Å². The molecule has 1 N–H and O–H groups in total. The Hall–Kier alpha value is -5.28. The maximum Gasteiger partial charge on any atom is 0.132 e. The van der Waals surface area contributed by atoms with Crippen molar-refractivity contribution in [1.82, 2.24) is 5.32 Å². The molecule has 4 aromatic carbocycles. The van der Waals surface area contributed by atoms with Crippen LogP contribution in [-0.4, -0.2) is 6.54 Å². The van der Waals surface area contributed by atoms with Crippen molar-refractivity contribution in [2.24, 2.45) is 11.3 Å². The molecule has 0 amide bonds. The van der Waals surface area contributed by atoms with Crippen molar-refractivity contribution >= 4 is 11.3 Å². The smallest absolute Gasteiger partial charge is 0.132 e. The molecular weight excluding hydrogens is 574 g/mol. The lowest BCUT2D eigenvalue weighted by Gasteiger charge is -2.58. The minimum absolute atomic E-state index is 0.297. The quantitative estimate of drug-likeness (QED) is 0.250. The average molecular weight is 612 g/mol. The van der Waals surface area contributed by atoms with Crippen LogP contribution >= 0.6 is 0 Å². The summed E-state index contributed by atoms with van der Waals surface area (Å²) in [6, 6.07) is 35.1. The molecule has 5 aliphatic rings. The minimum atomic E-state index is -0.471. The second-order valence-corrected chi connectivity index (χ2v) is 13.5. The standard InChI is InChI=1S/C44H37NO2/c1-29-26-37-41(28-34(29)32-20-18-31(19-21-32)30-12-4-3-5-13-30)47-42-17-8-10-24-43(42,2)44(37)35-14-6-7-16-39(35)46-40-27-33(22-23-36(40)44)38-15-9-11-25-45-38/h3-23,27-29,45H,24-26H2,1-2H3. The molecule has 1 spiro atoms. The Morgan fingerprint density at radius 2 is 1.43 bits per heavy atom. The number of nitrogens with one attached hydrogen (secondary N) is 1. The second kappa shape index (κ2) is 10.6. The highest BCUT2D eigenvalue weighted by Gasteiger charge is 2.62. The Morgan fingerprint density at radius 1 is 0.702 bits per heavy atom. The van der Waals surface area contributed by atoms with Crippen LogP contribution in [0, 0.1) is 11.3 Å². The molecule has 9 rings (SSSR count). The van der Waals surface area contributed by atoms with Crippen LogP contribution in [0.25, 0.3) is 22.4 Å². The first kappa shape index (κ1) is 28.0. The van der Waals surface area contributed by atoms with Crippen molar-refractivity contribution in [1.29, 1.82) is 0 Å². The van der Waals surface area contributed by atoms with Gasteiger partial charge in [-0.3, -0.25) is 0 Å². The highest BCUT2D eigenvalue weighted by molar-refractivity contribution is 5.78. The highest BCUT2D eigenvalue weighted by atomic mass is 16.5. The fourth-order valence-electron chi connectivity index (χ4n) is 8.64. The highest BCUT2D eigenvalue weighted by Crippen LogP contribution is 2.68. The summed E-state index contributed by atoms with van der Waals surface area (Å²) in [5, 5.41) is 3.53. The summed E-state index contributed by atoms with van der Waals surface area (Å²) in [6.45, 7) is 5.59. The van der Waals surface area contributed by atoms with Gasteiger partial charge in [0, 0.05) is 34.3 Å². The second-order valence-electron chi connectivity index (χ2n) is 13.5. The minimum Gasteiger partial charge on any atom is -0.461 e. The van der Waals surface area contributed by atoms with Crippen LogP contribution in [0.5, 0.6) is 11.5 Å². The Kier molecular flexibility index (Phi) is 6.33. The Labute approximate surface area is 277 Å². The number of hydrogen-bond acceptors (Lipinski definition) is 3. The monoisotopic (exact) mass is 611 g/mol. The number of benzene rings is 4. The Balaban J connectivity index is 1.26. The maximum absolute atomic E-state index is 7.01. The number of fused-ring (bicyclic) bond motifs is 7. The lowest BCUT2D eigenvalue weighted by molar-refractivity contribution is 0.0983. The number of ether oxygens (including phenoxy) is 2. The van der Waals surface area contributed by atoms with E-state index in [9.17, 15) is 0 Å². The third kappa shape index (κ3) is 4.12. The molecule has 2 aliphatic carbocycles. The molecular formula is C44H37NO2. The summed E-state index contributed by atoms with van der Waals surface area (Å²) in [4.78, 5) is 0. The van der Waals surface area contributed by atoms with E-state index in [0.717, 1.165) is 53.7 Å². The van der Waals surface area contributed by atoms with Gasteiger partial charge in [-0.05, 0) is 77.0 Å². The fourth-order valence-corrected chi connectivity index (χ4v) is 8.64. The van der Waals surface area contributed by atoms with Gasteiger partial charge < -0.3 is 14.8 Å². The van der Waals surface area contributed by atoms with Crippen LogP contribution in [-0.2, 0) is 10.2 Å². The fraction of sp³-hybridized carbons (Fsp3) is 0.182. The van der Waals surface area contributed by atoms with E-state index in [1.54, 1.807) is 0 Å². The zero-order valence-electron chi connectivity index (χ0n) is 26.8. The van der Waals surface area contributed by atoms with Gasteiger partial charge in [0.05, 0.1) is 5.41 Å². The molecule has 0 saturated carbocycles. The first-order valence-electron chi connectivity index (χ1n) is 16.8. The molecule has 3 nitrogen and oxygen atoms in total. The van der Waals surface area contributed by atoms with Gasteiger partial charge in [-0.2, -0.15) is 0 Å². The predicted octanol–water partition coefficient (Wildman–Crippen LogP) is 10.5. The van der Waals surface area contributed by atoms with E-state index in [1.165, 1.54) is 39.0 Å². The molecule has 0 saturated heterocycles. The third-order valence-electron chi connectivity index (χ3n) is 10.9. The number of rotatable bonds is 3. The zero-order valence-corrected chi connectivity index (χ0v) is 26.8. The summed E-state index contributed by atoms with van der Waals surface area (Å²) < 4.78 is 13.8. The number of hydrogen-bond donors (Lipinski definition) is 1. The van der Waals surface area contributed by atoms with Gasteiger partial charge in [0.25, 0.3) is 0 Å². The Bertz CT molecular complexity index is 2110. The van der Waals surface area contributed by atoms with Gasteiger partial charge in [-0.1, -0.05) is 123 Å². The lowest BCUT2D eigenvalue weighted by atomic mass is 9.48. The SMILES string of the molecule is CC1CC2=C(C=C1c1ccc(-c3ccccc3)cc1)OC1=CC=CCC1(C)C21c2ccccc2Oc2cc(C3=CC=CCN3)ccc21. The molecule has 4 aromatic rings. The van der Waals surface area contributed by atoms with E-state index in [1.807, 2.05) is 0 Å². The van der Waals surface area contributed by atoms with Crippen LogP contribution in [0.3, 0.4) is 0 Å². The summed E-state index contributed by atoms with van der Waals surface area (Å²) in [5.74, 6) is 4.12. The molecule has 0 aromatic heterocycles. The summed E-state index contributed by atoms with van der Waals surface area (Å²) in [7, 11) is 0. The van der Waals surface area contributed by atoms with E-state index in [4.69, 9.17) is 9.47 Å². The van der Waals surface area contributed by atoms with Crippen LogP contribution in [0.15, 0.2) is 157 Å². The largest absolute Gasteiger partial charge is 0.461 e. The van der Waals surface area contributed by atoms with Gasteiger partial charge in [0.2, 0.25) is 0 Å². The van der Waals surface area contributed by atoms with Crippen LogP contribution in [0.1, 0.15) is 48.9 Å². The van der Waals surface area contributed by atoms with Gasteiger partial charge in [-0.15, -0.1) is 0 Å². The normalized spacial score (nSPS) is 25.1. The van der Waals surface area contributed by atoms with E-state index in [0.29, 0.717) is 5.92 Å². The molecule has 3 unspecified atom stereocenters. The number of dihydropyridines is 1. The molecule has 230 valence electrons. The van der Waals surface area contributed by atoms with Crippen LogP contribution < -0.4 is 10.1 Å². The van der Waals surface area contributed by atoms with Crippen molar-refractivity contribution in [3.63, 3.8) is 0 Å². The topological polar surface area (TPSA) is 30.5 Å². The molecule has 0 radical (unpaired) electrons. The average Bonchev–Trinajstić information content (AvgIpc) is 3.12. The third-order valence-corrected chi connectivity index (χ3v) is 10.9. The van der Waals surface area contributed by atoms with Crippen molar-refractivity contribution < 1.29 is 9.47 Å². The van der Waals surface area contributed by atoms with Gasteiger partial charge in [0.1, 0.15) is 23.0 Å². The van der Waals surface area contributed by atoms with E-state index in [2.05, 4.69) is 159 Å². The first-order valence-corrected chi connectivity index (χ1v) is 16.8. The van der Waals surface area contributed by atoms with E-state index < -0.39 is 5.41 Å². The summed E-state index contributed by atoms with van der Waals surface area (Å²) in [6.07, 6.45) is 17.1. The van der Waals surface area contributed by atoms with Gasteiger partial charge in [0.15, 0.2) is 0 Å². The predicted molar refractivity (Wildman–Crippen MR) is 191 cm³/mol. The molecule has 3 aliphatic heterocycles. The van der Waals surface area contributed by atoms with Gasteiger partial charge in [-0.25, -0.2) is 0 Å². The van der Waals surface area contributed by atoms with E-state index in [-0.39, 0.29) is 5.41 Å². The summed E-state index contributed by atoms with van der Waals surface area (Å²) in [5.41, 5.74) is 10.2. The molecule has 47 heavy (non-hydrogen) atoms.